The SMILES string of the molecule is CC(=O)Oc1ccccc1CNc1nc(=NC2CCC(N)CC2)n(C(C)C)c2c1N(C(C)C)NN2. The number of rotatable bonds is 7. The van der Waals surface area contributed by atoms with Gasteiger partial charge in [0, 0.05) is 37.2 Å². The lowest BCUT2D eigenvalue weighted by Crippen LogP contribution is -2.41. The monoisotopic (exact) mass is 482 g/mol. The number of aromatic nitrogens is 2. The normalized spacial score (nSPS) is 20.2. The average molecular weight is 483 g/mol. The molecule has 35 heavy (non-hydrogen) atoms. The molecule has 2 heterocycles. The van der Waals surface area contributed by atoms with Crippen LogP contribution in [-0.4, -0.2) is 33.6 Å². The first kappa shape index (κ1) is 25.0. The molecule has 10 nitrogen and oxygen atoms in total. The summed E-state index contributed by atoms with van der Waals surface area (Å²) in [4.78, 5) is 21.7. The fourth-order valence-electron chi connectivity index (χ4n) is 4.62. The van der Waals surface area contributed by atoms with Crippen LogP contribution in [-0.2, 0) is 11.3 Å². The van der Waals surface area contributed by atoms with Crippen LogP contribution in [0.5, 0.6) is 5.75 Å². The Labute approximate surface area is 206 Å². The third-order valence-corrected chi connectivity index (χ3v) is 6.40. The first-order chi connectivity index (χ1) is 16.7. The van der Waals surface area contributed by atoms with Crippen LogP contribution in [0.4, 0.5) is 17.3 Å². The third kappa shape index (κ3) is 5.59. The number of hydrogen-bond acceptors (Lipinski definition) is 9. The molecule has 190 valence electrons. The Morgan fingerprint density at radius 2 is 1.91 bits per heavy atom. The van der Waals surface area contributed by atoms with Crippen LogP contribution in [0.25, 0.3) is 0 Å². The standard InChI is InChI=1S/C25H38N8O2/c1-15(2)32-24-22(33(16(3)4)31-30-24)23(29-25(32)28-20-12-10-19(26)11-13-20)27-14-18-8-6-7-9-21(18)35-17(5)34/h6-9,15-16,19-20,30-31H,10-14,26H2,1-5H3,(H,27,28,29). The van der Waals surface area contributed by atoms with Gasteiger partial charge in [0.05, 0.1) is 6.04 Å². The summed E-state index contributed by atoms with van der Waals surface area (Å²) in [5.41, 5.74) is 15.2. The Kier molecular flexibility index (Phi) is 7.61. The summed E-state index contributed by atoms with van der Waals surface area (Å²) < 4.78 is 7.55. The van der Waals surface area contributed by atoms with Crippen molar-refractivity contribution in [2.24, 2.45) is 10.7 Å². The van der Waals surface area contributed by atoms with Gasteiger partial charge in [0.15, 0.2) is 11.6 Å². The van der Waals surface area contributed by atoms with Crippen molar-refractivity contribution in [1.29, 1.82) is 0 Å². The van der Waals surface area contributed by atoms with Crippen molar-refractivity contribution in [2.45, 2.75) is 91.0 Å². The Hall–Kier alpha value is -3.11. The zero-order valence-corrected chi connectivity index (χ0v) is 21.3. The highest BCUT2D eigenvalue weighted by molar-refractivity contribution is 5.81. The Morgan fingerprint density at radius 1 is 1.20 bits per heavy atom. The average Bonchev–Trinajstić information content (AvgIpc) is 3.24. The number of hydrazine groups is 2. The number of fused-ring (bicyclic) bond motifs is 1. The molecule has 1 aliphatic carbocycles. The van der Waals surface area contributed by atoms with Crippen molar-refractivity contribution in [3.05, 3.63) is 35.4 Å². The van der Waals surface area contributed by atoms with Gasteiger partial charge in [0.2, 0.25) is 5.62 Å². The molecule has 0 atom stereocenters. The minimum Gasteiger partial charge on any atom is -0.426 e. The van der Waals surface area contributed by atoms with E-state index < -0.39 is 0 Å². The Bertz CT molecular complexity index is 1120. The number of esters is 1. The summed E-state index contributed by atoms with van der Waals surface area (Å²) in [6, 6.07) is 8.33. The van der Waals surface area contributed by atoms with Crippen LogP contribution in [0.3, 0.4) is 0 Å². The van der Waals surface area contributed by atoms with Crippen molar-refractivity contribution in [1.82, 2.24) is 15.1 Å². The number of carbonyl (C=O) groups excluding carboxylic acids is 1. The second-order valence-corrected chi connectivity index (χ2v) is 9.87. The van der Waals surface area contributed by atoms with E-state index in [4.69, 9.17) is 20.4 Å². The van der Waals surface area contributed by atoms with Crippen LogP contribution < -0.4 is 37.4 Å². The van der Waals surface area contributed by atoms with E-state index in [-0.39, 0.29) is 30.1 Å². The summed E-state index contributed by atoms with van der Waals surface area (Å²) in [6.07, 6.45) is 3.92. The molecule has 0 saturated heterocycles. The molecule has 2 aromatic rings. The maximum absolute atomic E-state index is 11.6. The number of para-hydroxylation sites is 1. The second-order valence-electron chi connectivity index (χ2n) is 9.87. The van der Waals surface area contributed by atoms with Gasteiger partial charge in [-0.1, -0.05) is 18.2 Å². The summed E-state index contributed by atoms with van der Waals surface area (Å²) in [7, 11) is 0. The lowest BCUT2D eigenvalue weighted by molar-refractivity contribution is -0.131. The van der Waals surface area contributed by atoms with Gasteiger partial charge < -0.3 is 15.8 Å². The number of nitrogens with one attached hydrogen (secondary N) is 3. The smallest absolute Gasteiger partial charge is 0.308 e. The molecule has 5 N–H and O–H groups in total. The summed E-state index contributed by atoms with van der Waals surface area (Å²) in [6.45, 7) is 10.4. The van der Waals surface area contributed by atoms with Gasteiger partial charge in [-0.3, -0.25) is 19.8 Å². The topological polar surface area (TPSA) is 122 Å². The van der Waals surface area contributed by atoms with Gasteiger partial charge in [-0.05, 0) is 59.4 Å². The summed E-state index contributed by atoms with van der Waals surface area (Å²) >= 11 is 0. The van der Waals surface area contributed by atoms with E-state index in [0.29, 0.717) is 23.7 Å². The van der Waals surface area contributed by atoms with Crippen molar-refractivity contribution in [3.8, 4) is 5.75 Å². The van der Waals surface area contributed by atoms with Gasteiger partial charge in [0.25, 0.3) is 0 Å². The molecule has 10 heteroatoms. The van der Waals surface area contributed by atoms with E-state index in [1.165, 1.54) is 6.92 Å². The number of nitrogens with zero attached hydrogens (tertiary/aromatic N) is 4. The molecule has 1 aromatic heterocycles. The fraction of sp³-hybridized carbons (Fsp3) is 0.560. The minimum absolute atomic E-state index is 0.154. The minimum atomic E-state index is -0.346. The molecule has 1 fully saturated rings. The number of ether oxygens (including phenoxy) is 1. The number of carbonyl (C=O) groups is 1. The Balaban J connectivity index is 1.76. The van der Waals surface area contributed by atoms with Crippen LogP contribution in [0.2, 0.25) is 0 Å². The summed E-state index contributed by atoms with van der Waals surface area (Å²) in [5, 5.41) is 5.55. The first-order valence-corrected chi connectivity index (χ1v) is 12.5. The van der Waals surface area contributed by atoms with E-state index >= 15 is 0 Å². The van der Waals surface area contributed by atoms with E-state index in [1.54, 1.807) is 6.07 Å². The zero-order chi connectivity index (χ0) is 25.1. The Morgan fingerprint density at radius 3 is 2.57 bits per heavy atom. The molecule has 0 spiro atoms. The quantitative estimate of drug-likeness (QED) is 0.351. The van der Waals surface area contributed by atoms with Gasteiger partial charge in [0.1, 0.15) is 11.4 Å². The fourth-order valence-corrected chi connectivity index (χ4v) is 4.62. The number of hydrogen-bond donors (Lipinski definition) is 4. The van der Waals surface area contributed by atoms with Crippen LogP contribution in [0.15, 0.2) is 29.3 Å². The van der Waals surface area contributed by atoms with Gasteiger partial charge in [-0.2, -0.15) is 4.98 Å². The number of nitrogens with two attached hydrogens (primary N) is 1. The molecular weight excluding hydrogens is 444 g/mol. The van der Waals surface area contributed by atoms with Crippen molar-refractivity contribution in [2.75, 3.05) is 15.8 Å². The second kappa shape index (κ2) is 10.7. The molecule has 0 amide bonds. The van der Waals surface area contributed by atoms with Crippen LogP contribution in [0, 0.1) is 0 Å². The maximum atomic E-state index is 11.6. The lowest BCUT2D eigenvalue weighted by Gasteiger charge is -2.26. The first-order valence-electron chi connectivity index (χ1n) is 12.5. The van der Waals surface area contributed by atoms with E-state index in [9.17, 15) is 4.79 Å². The highest BCUT2D eigenvalue weighted by Crippen LogP contribution is 2.37. The molecule has 2 aliphatic rings. The van der Waals surface area contributed by atoms with Crippen molar-refractivity contribution in [3.63, 3.8) is 0 Å². The maximum Gasteiger partial charge on any atom is 0.308 e. The van der Waals surface area contributed by atoms with Crippen LogP contribution >= 0.6 is 0 Å². The largest absolute Gasteiger partial charge is 0.426 e. The molecule has 0 radical (unpaired) electrons. The molecule has 4 rings (SSSR count). The molecule has 1 aliphatic heterocycles. The zero-order valence-electron chi connectivity index (χ0n) is 21.3. The van der Waals surface area contributed by atoms with E-state index in [1.807, 2.05) is 18.2 Å². The molecule has 1 saturated carbocycles. The predicted octanol–water partition coefficient (Wildman–Crippen LogP) is 3.23. The highest BCUT2D eigenvalue weighted by atomic mass is 16.5. The van der Waals surface area contributed by atoms with Gasteiger partial charge in [-0.15, -0.1) is 5.53 Å². The molecular formula is C25H38N8O2. The van der Waals surface area contributed by atoms with Crippen LogP contribution in [0.1, 0.15) is 71.9 Å². The number of benzene rings is 1. The van der Waals surface area contributed by atoms with E-state index in [0.717, 1.165) is 42.8 Å². The predicted molar refractivity (Wildman–Crippen MR) is 138 cm³/mol. The van der Waals surface area contributed by atoms with Gasteiger partial charge in [-0.25, -0.2) is 4.99 Å². The summed E-state index contributed by atoms with van der Waals surface area (Å²) in [5.74, 6) is 1.83. The molecule has 0 unspecified atom stereocenters. The molecule has 0 bridgehead atoms. The third-order valence-electron chi connectivity index (χ3n) is 6.40. The molecule has 1 aromatic carbocycles. The van der Waals surface area contributed by atoms with Crippen molar-refractivity contribution >= 4 is 23.3 Å². The van der Waals surface area contributed by atoms with Crippen molar-refractivity contribution < 1.29 is 9.53 Å². The van der Waals surface area contributed by atoms with Gasteiger partial charge >= 0.3 is 5.97 Å². The highest BCUT2D eigenvalue weighted by Gasteiger charge is 2.30. The number of anilines is 3. The van der Waals surface area contributed by atoms with E-state index in [2.05, 4.69) is 53.5 Å². The lowest BCUT2D eigenvalue weighted by atomic mass is 9.92.